The Morgan fingerprint density at radius 3 is 2.70 bits per heavy atom. The highest BCUT2D eigenvalue weighted by Gasteiger charge is 2.12. The van der Waals surface area contributed by atoms with Crippen LogP contribution >= 0.6 is 22.6 Å². The average molecular weight is 385 g/mol. The van der Waals surface area contributed by atoms with Crippen LogP contribution in [0, 0.1) is 10.5 Å². The predicted molar refractivity (Wildman–Crippen MR) is 89.9 cm³/mol. The van der Waals surface area contributed by atoms with E-state index in [0.717, 1.165) is 39.4 Å². The molecular weight excluding hydrogens is 365 g/mol. The summed E-state index contributed by atoms with van der Waals surface area (Å²) in [6, 6.07) is 0.339. The third-order valence-corrected chi connectivity index (χ3v) is 4.24. The van der Waals surface area contributed by atoms with E-state index in [1.165, 1.54) is 0 Å². The summed E-state index contributed by atoms with van der Waals surface area (Å²) in [5.41, 5.74) is 1.95. The van der Waals surface area contributed by atoms with Crippen molar-refractivity contribution in [2.24, 2.45) is 0 Å². The zero-order valence-electron chi connectivity index (χ0n) is 12.3. The minimum Gasteiger partial charge on any atom is -0.369 e. The van der Waals surface area contributed by atoms with Gasteiger partial charge in [0.05, 0.1) is 21.0 Å². The fraction of sp³-hybridized carbons (Fsp3) is 0.500. The lowest BCUT2D eigenvalue weighted by molar-refractivity contribution is 0.532. The maximum absolute atomic E-state index is 4.63. The molecule has 2 aromatic rings. The van der Waals surface area contributed by atoms with Crippen molar-refractivity contribution >= 4 is 28.4 Å². The highest BCUT2D eigenvalue weighted by atomic mass is 127. The van der Waals surface area contributed by atoms with Gasteiger partial charge in [0.25, 0.3) is 0 Å². The van der Waals surface area contributed by atoms with E-state index >= 15 is 0 Å². The predicted octanol–water partition coefficient (Wildman–Crippen LogP) is 3.66. The third kappa shape index (κ3) is 3.28. The lowest BCUT2D eigenvalue weighted by Crippen LogP contribution is -2.07. The van der Waals surface area contributed by atoms with E-state index in [1.54, 1.807) is 0 Å². The van der Waals surface area contributed by atoms with Gasteiger partial charge in [-0.05, 0) is 49.8 Å². The fourth-order valence-corrected chi connectivity index (χ4v) is 2.22. The smallest absolute Gasteiger partial charge is 0.165 e. The molecule has 0 spiro atoms. The first kappa shape index (κ1) is 15.2. The Bertz CT molecular complexity index is 591. The van der Waals surface area contributed by atoms with Gasteiger partial charge in [0, 0.05) is 18.8 Å². The summed E-state index contributed by atoms with van der Waals surface area (Å²) in [5.74, 6) is 1.64. The lowest BCUT2D eigenvalue weighted by Gasteiger charge is -2.10. The largest absolute Gasteiger partial charge is 0.369 e. The Labute approximate surface area is 133 Å². The summed E-state index contributed by atoms with van der Waals surface area (Å²) < 4.78 is 3.00. The Balaban J connectivity index is 2.37. The molecular formula is C14H20IN5. The molecule has 0 radical (unpaired) electrons. The summed E-state index contributed by atoms with van der Waals surface area (Å²) in [7, 11) is 0. The molecule has 0 aliphatic heterocycles. The molecule has 5 nitrogen and oxygen atoms in total. The van der Waals surface area contributed by atoms with Crippen LogP contribution in [0.15, 0.2) is 12.4 Å². The molecule has 6 heteroatoms. The molecule has 108 valence electrons. The molecule has 0 saturated carbocycles. The number of hydrogen-bond acceptors (Lipinski definition) is 4. The number of halogens is 1. The van der Waals surface area contributed by atoms with E-state index in [-0.39, 0.29) is 0 Å². The number of aromatic nitrogens is 4. The highest BCUT2D eigenvalue weighted by Crippen LogP contribution is 2.23. The molecule has 2 heterocycles. The maximum Gasteiger partial charge on any atom is 0.165 e. The first-order valence-corrected chi connectivity index (χ1v) is 7.93. The van der Waals surface area contributed by atoms with Crippen LogP contribution in [0.3, 0.4) is 0 Å². The van der Waals surface area contributed by atoms with Crippen molar-refractivity contribution in [3.8, 4) is 11.4 Å². The molecule has 0 aliphatic carbocycles. The maximum atomic E-state index is 4.63. The molecule has 2 rings (SSSR count). The Kier molecular flexibility index (Phi) is 4.95. The third-order valence-electron chi connectivity index (χ3n) is 2.95. The van der Waals surface area contributed by atoms with Crippen LogP contribution in [0.4, 0.5) is 5.82 Å². The Morgan fingerprint density at radius 2 is 2.10 bits per heavy atom. The molecule has 2 aromatic heterocycles. The molecule has 0 unspecified atom stereocenters. The normalized spacial score (nSPS) is 11.1. The topological polar surface area (TPSA) is 55.6 Å². The molecule has 0 amide bonds. The van der Waals surface area contributed by atoms with Gasteiger partial charge in [-0.15, -0.1) is 0 Å². The van der Waals surface area contributed by atoms with Crippen LogP contribution in [-0.2, 0) is 0 Å². The van der Waals surface area contributed by atoms with Crippen LogP contribution in [0.1, 0.15) is 38.9 Å². The minimum atomic E-state index is 0.339. The molecule has 20 heavy (non-hydrogen) atoms. The lowest BCUT2D eigenvalue weighted by atomic mass is 10.3. The van der Waals surface area contributed by atoms with Gasteiger partial charge in [-0.3, -0.25) is 4.68 Å². The van der Waals surface area contributed by atoms with E-state index in [1.807, 2.05) is 24.0 Å². The van der Waals surface area contributed by atoms with E-state index < -0.39 is 0 Å². The zero-order chi connectivity index (χ0) is 14.7. The minimum absolute atomic E-state index is 0.339. The van der Waals surface area contributed by atoms with Crippen LogP contribution in [0.2, 0.25) is 0 Å². The second-order valence-electron chi connectivity index (χ2n) is 5.02. The van der Waals surface area contributed by atoms with Gasteiger partial charge >= 0.3 is 0 Å². The van der Waals surface area contributed by atoms with Crippen LogP contribution in [0.25, 0.3) is 11.4 Å². The summed E-state index contributed by atoms with van der Waals surface area (Å²) in [6.07, 6.45) is 4.89. The van der Waals surface area contributed by atoms with Gasteiger partial charge in [0.15, 0.2) is 5.82 Å². The second-order valence-corrected chi connectivity index (χ2v) is 6.10. The van der Waals surface area contributed by atoms with Crippen molar-refractivity contribution in [3.63, 3.8) is 0 Å². The number of rotatable bonds is 5. The van der Waals surface area contributed by atoms with E-state index in [4.69, 9.17) is 0 Å². The van der Waals surface area contributed by atoms with Crippen molar-refractivity contribution in [1.82, 2.24) is 19.7 Å². The van der Waals surface area contributed by atoms with Gasteiger partial charge in [0.2, 0.25) is 0 Å². The van der Waals surface area contributed by atoms with Crippen molar-refractivity contribution in [1.29, 1.82) is 0 Å². The Hall–Kier alpha value is -1.18. The van der Waals surface area contributed by atoms with Crippen molar-refractivity contribution in [3.05, 3.63) is 21.7 Å². The van der Waals surface area contributed by atoms with Crippen LogP contribution in [0.5, 0.6) is 0 Å². The average Bonchev–Trinajstić information content (AvgIpc) is 2.90. The quantitative estimate of drug-likeness (QED) is 0.799. The monoisotopic (exact) mass is 385 g/mol. The molecule has 0 aliphatic rings. The van der Waals surface area contributed by atoms with E-state index in [2.05, 4.69) is 63.7 Å². The van der Waals surface area contributed by atoms with Gasteiger partial charge < -0.3 is 5.32 Å². The molecule has 0 fully saturated rings. The van der Waals surface area contributed by atoms with Gasteiger partial charge in [0.1, 0.15) is 5.82 Å². The summed E-state index contributed by atoms with van der Waals surface area (Å²) in [6.45, 7) is 9.27. The number of nitrogens with zero attached hydrogens (tertiary/aromatic N) is 4. The van der Waals surface area contributed by atoms with Crippen molar-refractivity contribution < 1.29 is 0 Å². The second kappa shape index (κ2) is 6.51. The van der Waals surface area contributed by atoms with Gasteiger partial charge in [-0.1, -0.05) is 6.92 Å². The van der Waals surface area contributed by atoms with Crippen LogP contribution in [-0.4, -0.2) is 26.3 Å². The molecule has 0 saturated heterocycles. The van der Waals surface area contributed by atoms with Crippen molar-refractivity contribution in [2.75, 3.05) is 11.9 Å². The fourth-order valence-electron chi connectivity index (χ4n) is 1.78. The zero-order valence-corrected chi connectivity index (χ0v) is 14.5. The van der Waals surface area contributed by atoms with E-state index in [0.29, 0.717) is 6.04 Å². The highest BCUT2D eigenvalue weighted by molar-refractivity contribution is 14.1. The number of nitrogens with one attached hydrogen (secondary N) is 1. The van der Waals surface area contributed by atoms with Crippen LogP contribution < -0.4 is 5.32 Å². The summed E-state index contributed by atoms with van der Waals surface area (Å²) in [4.78, 5) is 9.20. The Morgan fingerprint density at radius 1 is 1.35 bits per heavy atom. The van der Waals surface area contributed by atoms with Crippen molar-refractivity contribution in [2.45, 2.75) is 40.2 Å². The van der Waals surface area contributed by atoms with Gasteiger partial charge in [-0.2, -0.15) is 5.10 Å². The number of hydrogen-bond donors (Lipinski definition) is 1. The first-order valence-electron chi connectivity index (χ1n) is 6.85. The standard InChI is InChI=1S/C14H20IN5/c1-5-6-16-14-12(15)10(4)18-13(19-14)11-7-17-20(8-11)9(2)3/h7-9H,5-6H2,1-4H3,(H,16,18,19). The number of aryl methyl sites for hydroxylation is 1. The van der Waals surface area contributed by atoms with E-state index in [9.17, 15) is 0 Å². The SMILES string of the molecule is CCCNc1nc(-c2cnn(C(C)C)c2)nc(C)c1I. The summed E-state index contributed by atoms with van der Waals surface area (Å²) in [5, 5.41) is 7.71. The first-order chi connectivity index (χ1) is 9.52. The summed E-state index contributed by atoms with van der Waals surface area (Å²) >= 11 is 2.29. The molecule has 0 atom stereocenters. The molecule has 1 N–H and O–H groups in total. The molecule has 0 aromatic carbocycles. The number of anilines is 1. The molecule has 0 bridgehead atoms. The van der Waals surface area contributed by atoms with Gasteiger partial charge in [-0.25, -0.2) is 9.97 Å².